The van der Waals surface area contributed by atoms with E-state index in [1.807, 2.05) is 0 Å². The highest BCUT2D eigenvalue weighted by molar-refractivity contribution is 14.1. The number of rotatable bonds is 9. The molecular weight excluding hydrogens is 443 g/mol. The molecule has 0 saturated carbocycles. The molecule has 0 aliphatic rings. The van der Waals surface area contributed by atoms with Gasteiger partial charge in [0.05, 0.1) is 12.2 Å². The second kappa shape index (κ2) is 9.15. The van der Waals surface area contributed by atoms with Gasteiger partial charge in [-0.25, -0.2) is 0 Å². The molecule has 0 amide bonds. The van der Waals surface area contributed by atoms with Gasteiger partial charge in [0.15, 0.2) is 16.6 Å². The third kappa shape index (κ3) is 7.60. The van der Waals surface area contributed by atoms with Crippen LogP contribution in [0, 0.1) is 5.41 Å². The molecule has 0 aliphatic heterocycles. The lowest BCUT2D eigenvalue weighted by molar-refractivity contribution is -0.0103. The van der Waals surface area contributed by atoms with E-state index in [9.17, 15) is 0 Å². The van der Waals surface area contributed by atoms with Crippen molar-refractivity contribution in [1.82, 2.24) is 0 Å². The molecule has 144 valence electrons. The standard InChI is InChI=1S/C19H41IO2Si2/c1-12-13-16(22-24(10,11)18(2,3)4)19(5,6)17(14-15-20)21-23(7,8)9/h12-13,16-17H,14-15H2,1-11H3/b13-12+. The van der Waals surface area contributed by atoms with Crippen molar-refractivity contribution in [2.75, 3.05) is 4.43 Å². The Morgan fingerprint density at radius 2 is 1.46 bits per heavy atom. The minimum absolute atomic E-state index is 0.0481. The van der Waals surface area contributed by atoms with Crippen LogP contribution < -0.4 is 0 Å². The monoisotopic (exact) mass is 484 g/mol. The topological polar surface area (TPSA) is 18.5 Å². The molecule has 0 spiro atoms. The largest absolute Gasteiger partial charge is 0.414 e. The molecule has 5 heteroatoms. The highest BCUT2D eigenvalue weighted by Crippen LogP contribution is 2.42. The quantitative estimate of drug-likeness (QED) is 0.151. The number of hydrogen-bond acceptors (Lipinski definition) is 2. The van der Waals surface area contributed by atoms with Crippen molar-refractivity contribution in [3.8, 4) is 0 Å². The maximum atomic E-state index is 6.83. The Labute approximate surface area is 167 Å². The number of alkyl halides is 1. The van der Waals surface area contributed by atoms with Gasteiger partial charge in [-0.1, -0.05) is 69.4 Å². The molecule has 2 nitrogen and oxygen atoms in total. The van der Waals surface area contributed by atoms with Crippen molar-refractivity contribution >= 4 is 39.2 Å². The molecule has 2 unspecified atom stereocenters. The Hall–Kier alpha value is 0.824. The summed E-state index contributed by atoms with van der Waals surface area (Å²) in [6.07, 6.45) is 5.77. The first kappa shape index (κ1) is 24.8. The summed E-state index contributed by atoms with van der Waals surface area (Å²) in [5, 5.41) is 0.210. The summed E-state index contributed by atoms with van der Waals surface area (Å²) >= 11 is 2.47. The molecule has 2 atom stereocenters. The highest BCUT2D eigenvalue weighted by atomic mass is 127. The normalized spacial score (nSPS) is 17.3. The van der Waals surface area contributed by atoms with E-state index in [2.05, 4.69) is 109 Å². The molecule has 0 aromatic heterocycles. The molecule has 0 fully saturated rings. The van der Waals surface area contributed by atoms with Gasteiger partial charge in [0.1, 0.15) is 0 Å². The summed E-state index contributed by atoms with van der Waals surface area (Å²) in [7, 11) is -3.44. The van der Waals surface area contributed by atoms with Crippen LogP contribution in [-0.2, 0) is 8.85 Å². The lowest BCUT2D eigenvalue weighted by Crippen LogP contribution is -2.52. The predicted molar refractivity (Wildman–Crippen MR) is 122 cm³/mol. The fourth-order valence-corrected chi connectivity index (χ4v) is 5.61. The Morgan fingerprint density at radius 1 is 0.958 bits per heavy atom. The van der Waals surface area contributed by atoms with E-state index in [-0.39, 0.29) is 22.7 Å². The summed E-state index contributed by atoms with van der Waals surface area (Å²) in [4.78, 5) is 0. The van der Waals surface area contributed by atoms with E-state index in [0.717, 1.165) is 10.8 Å². The molecule has 0 saturated heterocycles. The van der Waals surface area contributed by atoms with Crippen LogP contribution in [0.2, 0.25) is 37.8 Å². The van der Waals surface area contributed by atoms with Crippen LogP contribution in [0.1, 0.15) is 48.0 Å². The van der Waals surface area contributed by atoms with E-state index >= 15 is 0 Å². The molecule has 0 radical (unpaired) electrons. The minimum Gasteiger partial charge on any atom is -0.414 e. The maximum Gasteiger partial charge on any atom is 0.192 e. The maximum absolute atomic E-state index is 6.83. The average Bonchev–Trinajstić information content (AvgIpc) is 2.34. The Bertz CT molecular complexity index is 407. The van der Waals surface area contributed by atoms with Crippen molar-refractivity contribution in [2.45, 2.75) is 97.9 Å². The van der Waals surface area contributed by atoms with Crippen LogP contribution in [0.4, 0.5) is 0 Å². The summed E-state index contributed by atoms with van der Waals surface area (Å²) in [6, 6.07) is 0. The van der Waals surface area contributed by atoms with Gasteiger partial charge in [-0.2, -0.15) is 0 Å². The van der Waals surface area contributed by atoms with Gasteiger partial charge >= 0.3 is 0 Å². The summed E-state index contributed by atoms with van der Waals surface area (Å²) < 4.78 is 14.6. The van der Waals surface area contributed by atoms with Gasteiger partial charge in [-0.05, 0) is 51.1 Å². The van der Waals surface area contributed by atoms with Crippen molar-refractivity contribution in [1.29, 1.82) is 0 Å². The fraction of sp³-hybridized carbons (Fsp3) is 0.895. The lowest BCUT2D eigenvalue weighted by Gasteiger charge is -2.47. The predicted octanol–water partition coefficient (Wildman–Crippen LogP) is 7.02. The summed E-state index contributed by atoms with van der Waals surface area (Å²) in [5.41, 5.74) is -0.0481. The van der Waals surface area contributed by atoms with Gasteiger partial charge in [0.2, 0.25) is 0 Å². The molecule has 0 aromatic rings. The zero-order valence-corrected chi connectivity index (χ0v) is 22.1. The first-order valence-electron chi connectivity index (χ1n) is 9.13. The van der Waals surface area contributed by atoms with E-state index in [4.69, 9.17) is 8.85 Å². The summed E-state index contributed by atoms with van der Waals surface area (Å²) in [6.45, 7) is 25.2. The van der Waals surface area contributed by atoms with Crippen molar-refractivity contribution in [2.24, 2.45) is 5.41 Å². The molecule has 0 rings (SSSR count). The molecule has 0 bridgehead atoms. The molecule has 0 aliphatic carbocycles. The molecule has 0 N–H and O–H groups in total. The van der Waals surface area contributed by atoms with Gasteiger partial charge in [-0.15, -0.1) is 0 Å². The Morgan fingerprint density at radius 3 is 1.79 bits per heavy atom. The second-order valence-electron chi connectivity index (χ2n) is 9.84. The van der Waals surface area contributed by atoms with Crippen LogP contribution in [0.5, 0.6) is 0 Å². The SMILES string of the molecule is C/C=C/C(O[Si](C)(C)C(C)(C)C)C(C)(C)C(CCI)O[Si](C)(C)C. The lowest BCUT2D eigenvalue weighted by atomic mass is 9.79. The van der Waals surface area contributed by atoms with E-state index in [0.29, 0.717) is 0 Å². The molecular formula is C19H41IO2Si2. The van der Waals surface area contributed by atoms with E-state index in [1.165, 1.54) is 0 Å². The molecule has 0 aromatic carbocycles. The second-order valence-corrected chi connectivity index (χ2v) is 20.1. The molecule has 24 heavy (non-hydrogen) atoms. The third-order valence-corrected chi connectivity index (χ3v) is 11.1. The first-order valence-corrected chi connectivity index (χ1v) is 17.0. The zero-order valence-electron chi connectivity index (χ0n) is 17.9. The van der Waals surface area contributed by atoms with E-state index < -0.39 is 16.6 Å². The smallest absolute Gasteiger partial charge is 0.192 e. The van der Waals surface area contributed by atoms with Gasteiger partial charge < -0.3 is 8.85 Å². The van der Waals surface area contributed by atoms with Gasteiger partial charge in [0, 0.05) is 9.84 Å². The van der Waals surface area contributed by atoms with Gasteiger partial charge in [-0.3, -0.25) is 0 Å². The van der Waals surface area contributed by atoms with Crippen LogP contribution in [-0.4, -0.2) is 33.3 Å². The Balaban J connectivity index is 5.65. The van der Waals surface area contributed by atoms with Crippen molar-refractivity contribution in [3.05, 3.63) is 12.2 Å². The highest BCUT2D eigenvalue weighted by Gasteiger charge is 2.45. The van der Waals surface area contributed by atoms with Crippen LogP contribution in [0.15, 0.2) is 12.2 Å². The fourth-order valence-electron chi connectivity index (χ4n) is 2.40. The van der Waals surface area contributed by atoms with Crippen molar-refractivity contribution in [3.63, 3.8) is 0 Å². The van der Waals surface area contributed by atoms with Crippen LogP contribution in [0.25, 0.3) is 0 Å². The minimum atomic E-state index is -1.84. The average molecular weight is 485 g/mol. The van der Waals surface area contributed by atoms with Crippen molar-refractivity contribution < 1.29 is 8.85 Å². The zero-order chi connectivity index (χ0) is 19.4. The third-order valence-electron chi connectivity index (χ3n) is 5.03. The summed E-state index contributed by atoms with van der Waals surface area (Å²) in [5.74, 6) is 0. The molecule has 0 heterocycles. The van der Waals surface area contributed by atoms with Gasteiger partial charge in [0.25, 0.3) is 0 Å². The van der Waals surface area contributed by atoms with Crippen LogP contribution in [0.3, 0.4) is 0 Å². The van der Waals surface area contributed by atoms with E-state index in [1.54, 1.807) is 0 Å². The Kier molecular flexibility index (Phi) is 9.47. The first-order chi connectivity index (χ1) is 10.6. The number of hydrogen-bond donors (Lipinski definition) is 0. The number of halogens is 1. The number of allylic oxidation sites excluding steroid dienone is 1. The van der Waals surface area contributed by atoms with Crippen LogP contribution >= 0.6 is 22.6 Å².